The predicted molar refractivity (Wildman–Crippen MR) is 152 cm³/mol. The molecule has 1 aliphatic heterocycles. The molecule has 6 nitrogen and oxygen atoms in total. The van der Waals surface area contributed by atoms with Crippen molar-refractivity contribution < 1.29 is 9.53 Å². The van der Waals surface area contributed by atoms with E-state index in [1.165, 1.54) is 11.1 Å². The summed E-state index contributed by atoms with van der Waals surface area (Å²) < 4.78 is 7.42. The fraction of sp³-hybridized carbons (Fsp3) is 0.500. The summed E-state index contributed by atoms with van der Waals surface area (Å²) in [5.74, 6) is 0.553. The lowest BCUT2D eigenvalue weighted by Crippen LogP contribution is -2.31. The number of fused-ring (bicyclic) bond motifs is 1. The van der Waals surface area contributed by atoms with Crippen molar-refractivity contribution in [1.82, 2.24) is 14.9 Å². The first-order valence-electron chi connectivity index (χ1n) is 13.4. The van der Waals surface area contributed by atoms with Gasteiger partial charge in [-0.3, -0.25) is 14.2 Å². The Bertz CT molecular complexity index is 1270. The molecular weight excluding hydrogens is 482 g/mol. The molecule has 2 heterocycles. The molecule has 7 heteroatoms. The van der Waals surface area contributed by atoms with Crippen LogP contribution in [0.15, 0.2) is 52.4 Å². The lowest BCUT2D eigenvalue weighted by atomic mass is 9.87. The number of carbonyl (C=O) groups excluding carboxylic acids is 1. The molecule has 1 fully saturated rings. The molecule has 4 rings (SSSR count). The zero-order valence-corrected chi connectivity index (χ0v) is 23.3. The fourth-order valence-electron chi connectivity index (χ4n) is 4.53. The number of amides is 1. The summed E-state index contributed by atoms with van der Waals surface area (Å²) in [7, 11) is 0. The normalized spacial score (nSPS) is 15.8. The zero-order chi connectivity index (χ0) is 26.4. The van der Waals surface area contributed by atoms with Gasteiger partial charge in [0.1, 0.15) is 0 Å². The van der Waals surface area contributed by atoms with E-state index in [1.54, 1.807) is 30.0 Å². The van der Waals surface area contributed by atoms with E-state index in [1.807, 2.05) is 4.57 Å². The highest BCUT2D eigenvalue weighted by Gasteiger charge is 2.18. The summed E-state index contributed by atoms with van der Waals surface area (Å²) in [6, 6.07) is 13.9. The summed E-state index contributed by atoms with van der Waals surface area (Å²) in [6.45, 7) is 10.7. The van der Waals surface area contributed by atoms with Crippen LogP contribution in [-0.4, -0.2) is 34.7 Å². The quantitative estimate of drug-likeness (QED) is 0.199. The van der Waals surface area contributed by atoms with Gasteiger partial charge in [-0.1, -0.05) is 76.6 Å². The molecule has 1 amide bonds. The number of nitrogens with zero attached hydrogens (tertiary/aromatic N) is 2. The third-order valence-corrected chi connectivity index (χ3v) is 7.92. The van der Waals surface area contributed by atoms with Crippen LogP contribution < -0.4 is 10.9 Å². The van der Waals surface area contributed by atoms with Crippen LogP contribution in [0.5, 0.6) is 0 Å². The second-order valence-corrected chi connectivity index (χ2v) is 11.8. The van der Waals surface area contributed by atoms with Crippen LogP contribution in [0, 0.1) is 0 Å². The molecule has 198 valence electrons. The first-order chi connectivity index (χ1) is 17.8. The van der Waals surface area contributed by atoms with Crippen molar-refractivity contribution >= 4 is 28.6 Å². The summed E-state index contributed by atoms with van der Waals surface area (Å²) in [4.78, 5) is 31.2. The first kappa shape index (κ1) is 27.4. The Labute approximate surface area is 224 Å². The average Bonchev–Trinajstić information content (AvgIpc) is 3.41. The van der Waals surface area contributed by atoms with E-state index >= 15 is 0 Å². The Hall–Kier alpha value is -2.64. The van der Waals surface area contributed by atoms with E-state index in [0.717, 1.165) is 44.5 Å². The molecule has 2 aromatic carbocycles. The molecule has 1 aliphatic rings. The van der Waals surface area contributed by atoms with Gasteiger partial charge in [-0.2, -0.15) is 0 Å². The lowest BCUT2D eigenvalue weighted by molar-refractivity contribution is 0.0858. The highest BCUT2D eigenvalue weighted by molar-refractivity contribution is 7.98. The minimum absolute atomic E-state index is 0.0435. The maximum Gasteiger partial charge on any atom is 0.262 e. The maximum absolute atomic E-state index is 13.5. The number of aromatic nitrogens is 2. The number of rotatable bonds is 10. The highest BCUT2D eigenvalue weighted by atomic mass is 32.2. The molecule has 37 heavy (non-hydrogen) atoms. The third kappa shape index (κ3) is 7.02. The van der Waals surface area contributed by atoms with Crippen LogP contribution in [-0.2, 0) is 22.4 Å². The van der Waals surface area contributed by atoms with E-state index in [2.05, 4.69) is 57.3 Å². The summed E-state index contributed by atoms with van der Waals surface area (Å²) in [6.07, 6.45) is 5.16. The van der Waals surface area contributed by atoms with Crippen LogP contribution in [0.1, 0.15) is 81.3 Å². The Morgan fingerprint density at radius 3 is 2.62 bits per heavy atom. The van der Waals surface area contributed by atoms with Gasteiger partial charge in [0, 0.05) is 31.0 Å². The van der Waals surface area contributed by atoms with Crippen LogP contribution in [0.3, 0.4) is 0 Å². The molecule has 1 aromatic heterocycles. The van der Waals surface area contributed by atoms with Gasteiger partial charge >= 0.3 is 0 Å². The van der Waals surface area contributed by atoms with Crippen molar-refractivity contribution in [3.05, 3.63) is 69.5 Å². The first-order valence-corrected chi connectivity index (χ1v) is 14.4. The zero-order valence-electron chi connectivity index (χ0n) is 22.5. The smallest absolute Gasteiger partial charge is 0.262 e. The van der Waals surface area contributed by atoms with Crippen LogP contribution in [0.4, 0.5) is 0 Å². The molecule has 1 N–H and O–H groups in total. The molecule has 0 bridgehead atoms. The van der Waals surface area contributed by atoms with Gasteiger partial charge in [-0.05, 0) is 54.0 Å². The largest absolute Gasteiger partial charge is 0.376 e. The topological polar surface area (TPSA) is 73.2 Å². The minimum atomic E-state index is -0.167. The predicted octanol–water partition coefficient (Wildman–Crippen LogP) is 6.09. The lowest BCUT2D eigenvalue weighted by Gasteiger charge is -2.19. The number of hydrogen-bond acceptors (Lipinski definition) is 5. The fourth-order valence-corrected chi connectivity index (χ4v) is 5.51. The van der Waals surface area contributed by atoms with E-state index in [-0.39, 0.29) is 23.0 Å². The number of carbonyl (C=O) groups is 1. The SMILES string of the molecule is CCCCCn1c(SCc2ccc(C(C)(C)C)cc2)nc2cc(C(=O)NCC3CCCO3)ccc2c1=O. The van der Waals surface area contributed by atoms with E-state index < -0.39 is 0 Å². The minimum Gasteiger partial charge on any atom is -0.376 e. The molecule has 0 saturated carbocycles. The van der Waals surface area contributed by atoms with Gasteiger partial charge in [0.05, 0.1) is 17.0 Å². The molecule has 0 aliphatic carbocycles. The average molecular weight is 522 g/mol. The van der Waals surface area contributed by atoms with Gasteiger partial charge in [0.25, 0.3) is 11.5 Å². The molecule has 3 aromatic rings. The van der Waals surface area contributed by atoms with Crippen LogP contribution >= 0.6 is 11.8 Å². The Balaban J connectivity index is 1.58. The maximum atomic E-state index is 13.5. The number of hydrogen-bond donors (Lipinski definition) is 1. The summed E-state index contributed by atoms with van der Waals surface area (Å²) >= 11 is 1.58. The molecule has 0 spiro atoms. The van der Waals surface area contributed by atoms with Crippen molar-refractivity contribution in [1.29, 1.82) is 0 Å². The van der Waals surface area contributed by atoms with Crippen LogP contribution in [0.2, 0.25) is 0 Å². The van der Waals surface area contributed by atoms with E-state index in [9.17, 15) is 9.59 Å². The van der Waals surface area contributed by atoms with E-state index in [4.69, 9.17) is 9.72 Å². The second kappa shape index (κ2) is 12.3. The van der Waals surface area contributed by atoms with Crippen molar-refractivity contribution in [3.63, 3.8) is 0 Å². The molecule has 1 atom stereocenters. The van der Waals surface area contributed by atoms with Crippen LogP contribution in [0.25, 0.3) is 10.9 Å². The number of thioether (sulfide) groups is 1. The van der Waals surface area contributed by atoms with Gasteiger partial charge < -0.3 is 10.1 Å². The monoisotopic (exact) mass is 521 g/mol. The number of ether oxygens (including phenoxy) is 1. The van der Waals surface area contributed by atoms with Gasteiger partial charge in [0.2, 0.25) is 0 Å². The molecule has 1 unspecified atom stereocenters. The Morgan fingerprint density at radius 1 is 1.16 bits per heavy atom. The Morgan fingerprint density at radius 2 is 1.95 bits per heavy atom. The molecular formula is C30H39N3O3S. The molecule has 0 radical (unpaired) electrons. The van der Waals surface area contributed by atoms with Gasteiger partial charge in [-0.25, -0.2) is 4.98 Å². The van der Waals surface area contributed by atoms with E-state index in [0.29, 0.717) is 34.7 Å². The number of unbranched alkanes of at least 4 members (excludes halogenated alkanes) is 2. The summed E-state index contributed by atoms with van der Waals surface area (Å²) in [5, 5.41) is 4.21. The van der Waals surface area contributed by atoms with Gasteiger partial charge in [-0.15, -0.1) is 0 Å². The standard InChI is InChI=1S/C30H39N3O3S/c1-5-6-7-16-33-28(35)25-15-12-22(27(34)31-19-24-9-8-17-36-24)18-26(25)32-29(33)37-20-21-10-13-23(14-11-21)30(2,3)4/h10-15,18,24H,5-9,16-17,19-20H2,1-4H3,(H,31,34). The number of nitrogens with one attached hydrogen (secondary N) is 1. The van der Waals surface area contributed by atoms with Gasteiger partial charge in [0.15, 0.2) is 5.16 Å². The molecule has 1 saturated heterocycles. The second-order valence-electron chi connectivity index (χ2n) is 10.9. The van der Waals surface area contributed by atoms with Crippen molar-refractivity contribution in [2.24, 2.45) is 0 Å². The highest BCUT2D eigenvalue weighted by Crippen LogP contribution is 2.26. The third-order valence-electron chi connectivity index (χ3n) is 6.87. The van der Waals surface area contributed by atoms with Crippen molar-refractivity contribution in [2.75, 3.05) is 13.2 Å². The van der Waals surface area contributed by atoms with Crippen molar-refractivity contribution in [3.8, 4) is 0 Å². The summed E-state index contributed by atoms with van der Waals surface area (Å²) in [5.41, 5.74) is 3.63. The number of benzene rings is 2. The Kier molecular flexibility index (Phi) is 9.08. The van der Waals surface area contributed by atoms with Crippen molar-refractivity contribution in [2.45, 2.75) is 88.8 Å².